The Labute approximate surface area is 109 Å². The summed E-state index contributed by atoms with van der Waals surface area (Å²) < 4.78 is 0. The highest BCUT2D eigenvalue weighted by Gasteiger charge is 2.03. The van der Waals surface area contributed by atoms with Crippen LogP contribution in [0, 0.1) is 32.8 Å². The van der Waals surface area contributed by atoms with E-state index in [1.165, 1.54) is 30.5 Å². The van der Waals surface area contributed by atoms with Crippen molar-refractivity contribution >= 4 is 17.6 Å². The fraction of sp³-hybridized carbons (Fsp3) is 0.0833. The highest BCUT2D eigenvalue weighted by molar-refractivity contribution is 5.82. The SMILES string of the molecule is CC(/C=N/Nc1ccc([N+](=O)[O-])cc1)=C(C#N)C#N. The van der Waals surface area contributed by atoms with Crippen molar-refractivity contribution in [3.8, 4) is 12.1 Å². The van der Waals surface area contributed by atoms with Gasteiger partial charge in [-0.05, 0) is 24.6 Å². The molecule has 0 aromatic heterocycles. The zero-order valence-electron chi connectivity index (χ0n) is 9.99. The van der Waals surface area contributed by atoms with E-state index >= 15 is 0 Å². The Morgan fingerprint density at radius 1 is 1.37 bits per heavy atom. The minimum absolute atomic E-state index is 0.0122. The van der Waals surface area contributed by atoms with E-state index in [9.17, 15) is 10.1 Å². The van der Waals surface area contributed by atoms with Gasteiger partial charge in [0.1, 0.15) is 17.7 Å². The first-order valence-electron chi connectivity index (χ1n) is 5.13. The van der Waals surface area contributed by atoms with Crippen molar-refractivity contribution in [1.82, 2.24) is 0 Å². The molecule has 7 nitrogen and oxygen atoms in total. The molecule has 1 aromatic carbocycles. The van der Waals surface area contributed by atoms with Gasteiger partial charge in [0.2, 0.25) is 0 Å². The van der Waals surface area contributed by atoms with Crippen molar-refractivity contribution in [2.45, 2.75) is 6.92 Å². The van der Waals surface area contributed by atoms with Crippen molar-refractivity contribution in [2.24, 2.45) is 5.10 Å². The fourth-order valence-corrected chi connectivity index (χ4v) is 1.13. The third-order valence-corrected chi connectivity index (χ3v) is 2.15. The third kappa shape index (κ3) is 3.95. The molecule has 1 rings (SSSR count). The second-order valence-electron chi connectivity index (χ2n) is 3.46. The number of nitriles is 2. The first-order chi connectivity index (χ1) is 9.08. The molecule has 0 aliphatic rings. The van der Waals surface area contributed by atoms with Crippen molar-refractivity contribution in [3.63, 3.8) is 0 Å². The van der Waals surface area contributed by atoms with Crippen molar-refractivity contribution in [3.05, 3.63) is 45.5 Å². The number of anilines is 1. The number of rotatable bonds is 4. The summed E-state index contributed by atoms with van der Waals surface area (Å²) in [5.41, 5.74) is 3.60. The van der Waals surface area contributed by atoms with Crippen LogP contribution >= 0.6 is 0 Å². The lowest BCUT2D eigenvalue weighted by Gasteiger charge is -1.99. The molecule has 0 saturated heterocycles. The number of nitrogens with zero attached hydrogens (tertiary/aromatic N) is 4. The van der Waals surface area contributed by atoms with E-state index in [1.54, 1.807) is 19.1 Å². The lowest BCUT2D eigenvalue weighted by molar-refractivity contribution is -0.384. The molecule has 0 bridgehead atoms. The molecular formula is C12H9N5O2. The Morgan fingerprint density at radius 3 is 2.42 bits per heavy atom. The van der Waals surface area contributed by atoms with E-state index in [2.05, 4.69) is 10.5 Å². The summed E-state index contributed by atoms with van der Waals surface area (Å²) in [5.74, 6) is 0. The molecule has 0 heterocycles. The average molecular weight is 255 g/mol. The lowest BCUT2D eigenvalue weighted by atomic mass is 10.2. The Balaban J connectivity index is 2.73. The molecule has 0 aliphatic carbocycles. The van der Waals surface area contributed by atoms with Gasteiger partial charge in [0.05, 0.1) is 16.8 Å². The molecule has 1 N–H and O–H groups in total. The molecule has 1 aromatic rings. The van der Waals surface area contributed by atoms with E-state index in [4.69, 9.17) is 10.5 Å². The van der Waals surface area contributed by atoms with Crippen LogP contribution in [0.5, 0.6) is 0 Å². The topological polar surface area (TPSA) is 115 Å². The van der Waals surface area contributed by atoms with Gasteiger partial charge in [-0.2, -0.15) is 15.6 Å². The highest BCUT2D eigenvalue weighted by Crippen LogP contribution is 2.15. The first kappa shape index (κ1) is 13.9. The van der Waals surface area contributed by atoms with E-state index in [1.807, 2.05) is 0 Å². The molecule has 0 unspecified atom stereocenters. The maximum absolute atomic E-state index is 10.4. The zero-order chi connectivity index (χ0) is 14.3. The van der Waals surface area contributed by atoms with Gasteiger partial charge in [0.25, 0.3) is 5.69 Å². The quantitative estimate of drug-likeness (QED) is 0.383. The summed E-state index contributed by atoms with van der Waals surface area (Å²) in [6.07, 6.45) is 1.34. The summed E-state index contributed by atoms with van der Waals surface area (Å²) in [7, 11) is 0. The van der Waals surface area contributed by atoms with E-state index in [0.717, 1.165) is 0 Å². The Morgan fingerprint density at radius 2 is 1.95 bits per heavy atom. The van der Waals surface area contributed by atoms with Gasteiger partial charge in [0, 0.05) is 12.1 Å². The van der Waals surface area contributed by atoms with Crippen LogP contribution in [0.1, 0.15) is 6.92 Å². The minimum atomic E-state index is -0.494. The number of allylic oxidation sites excluding steroid dienone is 2. The smallest absolute Gasteiger partial charge is 0.269 e. The zero-order valence-corrected chi connectivity index (χ0v) is 9.99. The van der Waals surface area contributed by atoms with Gasteiger partial charge in [-0.3, -0.25) is 15.5 Å². The van der Waals surface area contributed by atoms with Crippen LogP contribution in [0.2, 0.25) is 0 Å². The predicted octanol–water partition coefficient (Wildman–Crippen LogP) is 2.36. The van der Waals surface area contributed by atoms with Crippen molar-refractivity contribution in [1.29, 1.82) is 10.5 Å². The molecule has 94 valence electrons. The highest BCUT2D eigenvalue weighted by atomic mass is 16.6. The standard InChI is InChI=1S/C12H9N5O2/c1-9(10(6-13)7-14)8-15-16-11-2-4-12(5-3-11)17(18)19/h2-5,8,16H,1H3/b15-8+. The van der Waals surface area contributed by atoms with E-state index in [0.29, 0.717) is 11.3 Å². The monoisotopic (exact) mass is 255 g/mol. The summed E-state index contributed by atoms with van der Waals surface area (Å²) in [5, 5.41) is 31.5. The van der Waals surface area contributed by atoms with Gasteiger partial charge in [-0.1, -0.05) is 0 Å². The summed E-state index contributed by atoms with van der Waals surface area (Å²) in [4.78, 5) is 9.95. The molecular weight excluding hydrogens is 246 g/mol. The predicted molar refractivity (Wildman–Crippen MR) is 69.1 cm³/mol. The normalized spacial score (nSPS) is 9.42. The van der Waals surface area contributed by atoms with Gasteiger partial charge in [0.15, 0.2) is 0 Å². The average Bonchev–Trinajstić information content (AvgIpc) is 2.40. The van der Waals surface area contributed by atoms with Crippen LogP contribution in [0.4, 0.5) is 11.4 Å². The number of nitro benzene ring substituents is 1. The van der Waals surface area contributed by atoms with Crippen LogP contribution in [-0.2, 0) is 0 Å². The molecule has 0 saturated carbocycles. The summed E-state index contributed by atoms with van der Waals surface area (Å²) in [6.45, 7) is 1.59. The van der Waals surface area contributed by atoms with Crippen LogP contribution in [0.3, 0.4) is 0 Å². The second-order valence-corrected chi connectivity index (χ2v) is 3.46. The van der Waals surface area contributed by atoms with Crippen LogP contribution in [0.15, 0.2) is 40.5 Å². The molecule has 0 fully saturated rings. The third-order valence-electron chi connectivity index (χ3n) is 2.15. The minimum Gasteiger partial charge on any atom is -0.279 e. The number of hydrogen-bond acceptors (Lipinski definition) is 6. The van der Waals surface area contributed by atoms with Gasteiger partial charge >= 0.3 is 0 Å². The van der Waals surface area contributed by atoms with Crippen LogP contribution < -0.4 is 5.43 Å². The Bertz CT molecular complexity index is 601. The van der Waals surface area contributed by atoms with Gasteiger partial charge < -0.3 is 0 Å². The molecule has 7 heteroatoms. The fourth-order valence-electron chi connectivity index (χ4n) is 1.13. The molecule has 0 atom stereocenters. The van der Waals surface area contributed by atoms with Crippen LogP contribution in [-0.4, -0.2) is 11.1 Å². The summed E-state index contributed by atoms with van der Waals surface area (Å²) in [6, 6.07) is 9.18. The molecule has 19 heavy (non-hydrogen) atoms. The number of nitro groups is 1. The van der Waals surface area contributed by atoms with E-state index in [-0.39, 0.29) is 11.3 Å². The van der Waals surface area contributed by atoms with Crippen molar-refractivity contribution in [2.75, 3.05) is 5.43 Å². The van der Waals surface area contributed by atoms with Crippen LogP contribution in [0.25, 0.3) is 0 Å². The molecule has 0 spiro atoms. The second kappa shape index (κ2) is 6.52. The van der Waals surface area contributed by atoms with Gasteiger partial charge in [-0.25, -0.2) is 0 Å². The van der Waals surface area contributed by atoms with E-state index < -0.39 is 4.92 Å². The number of benzene rings is 1. The number of hydrogen-bond donors (Lipinski definition) is 1. The Kier molecular flexibility index (Phi) is 4.76. The first-order valence-corrected chi connectivity index (χ1v) is 5.13. The maximum Gasteiger partial charge on any atom is 0.269 e. The molecule has 0 aliphatic heterocycles. The lowest BCUT2D eigenvalue weighted by Crippen LogP contribution is -1.93. The molecule has 0 radical (unpaired) electrons. The number of nitrogens with one attached hydrogen (secondary N) is 1. The Hall–Kier alpha value is -3.19. The van der Waals surface area contributed by atoms with Gasteiger partial charge in [-0.15, -0.1) is 0 Å². The van der Waals surface area contributed by atoms with Crippen molar-refractivity contribution < 1.29 is 4.92 Å². The molecule has 0 amide bonds. The number of non-ortho nitro benzene ring substituents is 1. The largest absolute Gasteiger partial charge is 0.279 e. The maximum atomic E-state index is 10.4. The number of hydrazone groups is 1. The summed E-state index contributed by atoms with van der Waals surface area (Å²) >= 11 is 0.